The first-order valence-electron chi connectivity index (χ1n) is 3.86. The van der Waals surface area contributed by atoms with Crippen molar-refractivity contribution >= 4 is 6.16 Å². The summed E-state index contributed by atoms with van der Waals surface area (Å²) in [6.07, 6.45) is -5.96. The molecule has 0 aliphatic carbocycles. The normalized spacial score (nSPS) is 39.0. The van der Waals surface area contributed by atoms with Gasteiger partial charge in [-0.05, 0) is 6.92 Å². The number of ether oxygens (including phenoxy) is 2. The highest BCUT2D eigenvalue weighted by Gasteiger charge is 2.45. The van der Waals surface area contributed by atoms with Crippen LogP contribution in [-0.4, -0.2) is 47.5 Å². The van der Waals surface area contributed by atoms with E-state index in [1.54, 1.807) is 0 Å². The van der Waals surface area contributed by atoms with Gasteiger partial charge in [0.1, 0.15) is 6.10 Å². The lowest BCUT2D eigenvalue weighted by atomic mass is 10.1. The van der Waals surface area contributed by atoms with Gasteiger partial charge in [0.25, 0.3) is 0 Å². The van der Waals surface area contributed by atoms with E-state index in [-0.39, 0.29) is 0 Å². The van der Waals surface area contributed by atoms with E-state index in [2.05, 4.69) is 4.74 Å². The summed E-state index contributed by atoms with van der Waals surface area (Å²) in [6, 6.07) is 0. The summed E-state index contributed by atoms with van der Waals surface area (Å²) >= 11 is 0. The molecule has 0 amide bonds. The molecule has 1 rings (SSSR count). The van der Waals surface area contributed by atoms with Gasteiger partial charge in [0.15, 0.2) is 12.3 Å². The molecule has 1 heterocycles. The quantitative estimate of drug-likeness (QED) is 0.612. The number of carbonyl (C=O) groups is 1. The van der Waals surface area contributed by atoms with Crippen LogP contribution in [0, 0.1) is 0 Å². The van der Waals surface area contributed by atoms with Gasteiger partial charge in [-0.15, -0.1) is 0 Å². The van der Waals surface area contributed by atoms with Crippen LogP contribution < -0.4 is 0 Å². The van der Waals surface area contributed by atoms with E-state index in [9.17, 15) is 9.18 Å². The van der Waals surface area contributed by atoms with Crippen LogP contribution in [-0.2, 0) is 9.47 Å². The Bertz CT molecular complexity index is 197. The van der Waals surface area contributed by atoms with Crippen LogP contribution in [0.25, 0.3) is 0 Å². The van der Waals surface area contributed by atoms with Crippen LogP contribution in [0.4, 0.5) is 9.18 Å². The third kappa shape index (κ3) is 2.07. The molecule has 6 heteroatoms. The molecular weight excluding hydrogens is 183 g/mol. The third-order valence-electron chi connectivity index (χ3n) is 1.94. The van der Waals surface area contributed by atoms with Crippen molar-refractivity contribution in [2.75, 3.05) is 6.61 Å². The SMILES string of the molecule is CC1OC(CO)C(OC(=O)O)C1F. The number of rotatable bonds is 2. The van der Waals surface area contributed by atoms with Crippen molar-refractivity contribution in [1.82, 2.24) is 0 Å². The van der Waals surface area contributed by atoms with Gasteiger partial charge in [-0.25, -0.2) is 9.18 Å². The summed E-state index contributed by atoms with van der Waals surface area (Å²) in [4.78, 5) is 10.1. The zero-order chi connectivity index (χ0) is 10.0. The second-order valence-corrected chi connectivity index (χ2v) is 2.86. The van der Waals surface area contributed by atoms with Crippen molar-refractivity contribution in [3.05, 3.63) is 0 Å². The summed E-state index contributed by atoms with van der Waals surface area (Å²) < 4.78 is 22.3. The Labute approximate surface area is 74.1 Å². The highest BCUT2D eigenvalue weighted by atomic mass is 19.1. The number of alkyl halides is 1. The molecule has 1 fully saturated rings. The van der Waals surface area contributed by atoms with Crippen molar-refractivity contribution in [1.29, 1.82) is 0 Å². The van der Waals surface area contributed by atoms with Crippen LogP contribution in [0.15, 0.2) is 0 Å². The van der Waals surface area contributed by atoms with Gasteiger partial charge in [0, 0.05) is 0 Å². The zero-order valence-electron chi connectivity index (χ0n) is 7.01. The largest absolute Gasteiger partial charge is 0.506 e. The maximum Gasteiger partial charge on any atom is 0.506 e. The average molecular weight is 194 g/mol. The minimum atomic E-state index is -1.57. The Morgan fingerprint density at radius 2 is 2.31 bits per heavy atom. The predicted molar refractivity (Wildman–Crippen MR) is 39.2 cm³/mol. The molecule has 0 aromatic heterocycles. The molecule has 0 saturated carbocycles. The van der Waals surface area contributed by atoms with Gasteiger partial charge < -0.3 is 19.7 Å². The summed E-state index contributed by atoms with van der Waals surface area (Å²) in [5.41, 5.74) is 0. The molecule has 0 aromatic carbocycles. The third-order valence-corrected chi connectivity index (χ3v) is 1.94. The number of hydrogen-bond donors (Lipinski definition) is 2. The minimum absolute atomic E-state index is 0.456. The van der Waals surface area contributed by atoms with Crippen molar-refractivity contribution in [3.8, 4) is 0 Å². The van der Waals surface area contributed by atoms with Crippen LogP contribution >= 0.6 is 0 Å². The smallest absolute Gasteiger partial charge is 0.450 e. The second-order valence-electron chi connectivity index (χ2n) is 2.86. The molecule has 1 saturated heterocycles. The number of aliphatic hydroxyl groups excluding tert-OH is 1. The number of aliphatic hydroxyl groups is 1. The van der Waals surface area contributed by atoms with Crippen molar-refractivity contribution in [3.63, 3.8) is 0 Å². The lowest BCUT2D eigenvalue weighted by molar-refractivity contribution is -0.0337. The molecule has 0 bridgehead atoms. The zero-order valence-corrected chi connectivity index (χ0v) is 7.01. The summed E-state index contributed by atoms with van der Waals surface area (Å²) in [5, 5.41) is 17.0. The van der Waals surface area contributed by atoms with Crippen molar-refractivity contribution in [2.24, 2.45) is 0 Å². The molecule has 13 heavy (non-hydrogen) atoms. The highest BCUT2D eigenvalue weighted by Crippen LogP contribution is 2.26. The molecule has 2 N–H and O–H groups in total. The number of carboxylic acid groups (broad SMARTS) is 1. The Kier molecular flexibility index (Phi) is 3.05. The Balaban J connectivity index is 2.62. The first-order chi connectivity index (χ1) is 6.06. The fourth-order valence-electron chi connectivity index (χ4n) is 1.30. The summed E-state index contributed by atoms with van der Waals surface area (Å²) in [5.74, 6) is 0. The van der Waals surface area contributed by atoms with Gasteiger partial charge in [-0.1, -0.05) is 0 Å². The predicted octanol–water partition coefficient (Wildman–Crippen LogP) is 0.167. The molecular formula is C7H11FO5. The summed E-state index contributed by atoms with van der Waals surface area (Å²) in [6.45, 7) is 1.00. The molecule has 76 valence electrons. The first kappa shape index (κ1) is 10.2. The fraction of sp³-hybridized carbons (Fsp3) is 0.857. The van der Waals surface area contributed by atoms with Crippen molar-refractivity contribution < 1.29 is 28.9 Å². The molecule has 0 spiro atoms. The van der Waals surface area contributed by atoms with E-state index >= 15 is 0 Å². The topological polar surface area (TPSA) is 76.0 Å². The van der Waals surface area contributed by atoms with Crippen LogP contribution in [0.5, 0.6) is 0 Å². The van der Waals surface area contributed by atoms with E-state index in [4.69, 9.17) is 14.9 Å². The first-order valence-corrected chi connectivity index (χ1v) is 3.86. The molecule has 4 unspecified atom stereocenters. The van der Waals surface area contributed by atoms with E-state index in [0.29, 0.717) is 0 Å². The van der Waals surface area contributed by atoms with E-state index in [1.165, 1.54) is 6.92 Å². The van der Waals surface area contributed by atoms with E-state index < -0.39 is 37.2 Å². The lowest BCUT2D eigenvalue weighted by Gasteiger charge is -2.15. The maximum absolute atomic E-state index is 13.2. The molecule has 0 aromatic rings. The second kappa shape index (κ2) is 3.89. The highest BCUT2D eigenvalue weighted by molar-refractivity contribution is 5.57. The standard InChI is InChI=1S/C7H11FO5/c1-3-5(8)6(13-7(10)11)4(2-9)12-3/h3-6,9H,2H2,1H3,(H,10,11). The monoisotopic (exact) mass is 194 g/mol. The van der Waals surface area contributed by atoms with Crippen LogP contribution in [0.1, 0.15) is 6.92 Å². The molecule has 0 radical (unpaired) electrons. The Morgan fingerprint density at radius 3 is 2.77 bits per heavy atom. The Hall–Kier alpha value is -0.880. The molecule has 1 aliphatic rings. The lowest BCUT2D eigenvalue weighted by Crippen LogP contribution is -2.35. The van der Waals surface area contributed by atoms with Gasteiger partial charge in [0.05, 0.1) is 12.7 Å². The summed E-state index contributed by atoms with van der Waals surface area (Å²) in [7, 11) is 0. The molecule has 4 atom stereocenters. The van der Waals surface area contributed by atoms with Gasteiger partial charge in [-0.3, -0.25) is 0 Å². The maximum atomic E-state index is 13.2. The van der Waals surface area contributed by atoms with E-state index in [1.807, 2.05) is 0 Å². The fourth-order valence-corrected chi connectivity index (χ4v) is 1.30. The molecule has 1 aliphatic heterocycles. The van der Waals surface area contributed by atoms with Gasteiger partial charge >= 0.3 is 6.16 Å². The van der Waals surface area contributed by atoms with Crippen LogP contribution in [0.2, 0.25) is 0 Å². The van der Waals surface area contributed by atoms with Crippen molar-refractivity contribution in [2.45, 2.75) is 31.4 Å². The minimum Gasteiger partial charge on any atom is -0.450 e. The van der Waals surface area contributed by atoms with Gasteiger partial charge in [0.2, 0.25) is 0 Å². The average Bonchev–Trinajstić information content (AvgIpc) is 2.31. The Morgan fingerprint density at radius 1 is 1.69 bits per heavy atom. The number of hydrogen-bond acceptors (Lipinski definition) is 4. The van der Waals surface area contributed by atoms with E-state index in [0.717, 1.165) is 0 Å². The number of halogens is 1. The van der Waals surface area contributed by atoms with Gasteiger partial charge in [-0.2, -0.15) is 0 Å². The molecule has 5 nitrogen and oxygen atoms in total. The van der Waals surface area contributed by atoms with Crippen LogP contribution in [0.3, 0.4) is 0 Å².